The highest BCUT2D eigenvalue weighted by atomic mass is 16.2. The van der Waals surface area contributed by atoms with Crippen molar-refractivity contribution in [2.45, 2.75) is 19.8 Å². The van der Waals surface area contributed by atoms with E-state index in [1.165, 1.54) is 0 Å². The van der Waals surface area contributed by atoms with Crippen molar-refractivity contribution < 1.29 is 4.79 Å². The monoisotopic (exact) mass is 349 g/mol. The first-order valence-electron chi connectivity index (χ1n) is 8.29. The van der Waals surface area contributed by atoms with Gasteiger partial charge in [-0.05, 0) is 35.7 Å². The molecule has 0 aliphatic carbocycles. The third-order valence-corrected chi connectivity index (χ3v) is 4.07. The number of nitrogens with one attached hydrogen (secondary N) is 2. The molecule has 26 heavy (non-hydrogen) atoms. The third-order valence-electron chi connectivity index (χ3n) is 4.07. The standard InChI is InChI=1S/C20H19N3O3/c1-13(2)14-8-10-15(11-9-14)22-18(24)17-12-21-20(26)23(19(17)25)16-6-4-3-5-7-16/h3-13H,1-2H3,(H,21,26)(H,22,24). The number of rotatable bonds is 4. The van der Waals surface area contributed by atoms with Crippen LogP contribution in [-0.2, 0) is 0 Å². The normalized spacial score (nSPS) is 10.7. The maximum absolute atomic E-state index is 12.6. The van der Waals surface area contributed by atoms with Crippen LogP contribution in [0, 0.1) is 0 Å². The molecule has 1 amide bonds. The molecule has 1 aromatic heterocycles. The number of amides is 1. The van der Waals surface area contributed by atoms with Gasteiger partial charge in [-0.3, -0.25) is 9.59 Å². The van der Waals surface area contributed by atoms with Gasteiger partial charge in [0.25, 0.3) is 11.5 Å². The van der Waals surface area contributed by atoms with Crippen molar-refractivity contribution in [1.29, 1.82) is 0 Å². The molecule has 0 saturated heterocycles. The summed E-state index contributed by atoms with van der Waals surface area (Å²) in [6, 6.07) is 15.9. The lowest BCUT2D eigenvalue weighted by Gasteiger charge is -2.09. The molecule has 0 fully saturated rings. The molecular weight excluding hydrogens is 330 g/mol. The predicted octanol–water partition coefficient (Wildman–Crippen LogP) is 2.90. The largest absolute Gasteiger partial charge is 0.333 e. The van der Waals surface area contributed by atoms with Crippen LogP contribution in [0.3, 0.4) is 0 Å². The molecule has 0 saturated carbocycles. The number of hydrogen-bond donors (Lipinski definition) is 2. The number of aromatic amines is 1. The van der Waals surface area contributed by atoms with E-state index in [2.05, 4.69) is 24.1 Å². The van der Waals surface area contributed by atoms with Gasteiger partial charge in [-0.2, -0.15) is 0 Å². The lowest BCUT2D eigenvalue weighted by Crippen LogP contribution is -2.38. The second-order valence-electron chi connectivity index (χ2n) is 6.21. The number of hydrogen-bond acceptors (Lipinski definition) is 3. The van der Waals surface area contributed by atoms with Gasteiger partial charge in [-0.25, -0.2) is 9.36 Å². The van der Waals surface area contributed by atoms with Crippen LogP contribution in [0.15, 0.2) is 70.4 Å². The van der Waals surface area contributed by atoms with Crippen molar-refractivity contribution in [3.05, 3.63) is 92.8 Å². The van der Waals surface area contributed by atoms with Gasteiger partial charge in [0.2, 0.25) is 0 Å². The summed E-state index contributed by atoms with van der Waals surface area (Å²) >= 11 is 0. The summed E-state index contributed by atoms with van der Waals surface area (Å²) in [5.74, 6) is -0.190. The molecule has 0 unspecified atom stereocenters. The molecule has 3 rings (SSSR count). The Morgan fingerprint density at radius 2 is 1.65 bits per heavy atom. The predicted molar refractivity (Wildman–Crippen MR) is 101 cm³/mol. The van der Waals surface area contributed by atoms with Gasteiger partial charge < -0.3 is 10.3 Å². The van der Waals surface area contributed by atoms with Crippen LogP contribution in [0.25, 0.3) is 5.69 Å². The zero-order valence-electron chi connectivity index (χ0n) is 14.5. The van der Waals surface area contributed by atoms with E-state index >= 15 is 0 Å². The Hall–Kier alpha value is -3.41. The maximum atomic E-state index is 12.6. The first kappa shape index (κ1) is 17.4. The van der Waals surface area contributed by atoms with Gasteiger partial charge in [0.1, 0.15) is 5.56 Å². The summed E-state index contributed by atoms with van der Waals surface area (Å²) < 4.78 is 0.941. The number of aromatic nitrogens is 2. The molecule has 0 aliphatic heterocycles. The lowest BCUT2D eigenvalue weighted by atomic mass is 10.0. The maximum Gasteiger partial charge on any atom is 0.333 e. The van der Waals surface area contributed by atoms with Crippen molar-refractivity contribution in [1.82, 2.24) is 9.55 Å². The van der Waals surface area contributed by atoms with E-state index in [1.54, 1.807) is 42.5 Å². The van der Waals surface area contributed by atoms with Crippen LogP contribution < -0.4 is 16.6 Å². The SMILES string of the molecule is CC(C)c1ccc(NC(=O)c2c[nH]c(=O)n(-c3ccccc3)c2=O)cc1. The van der Waals surface area contributed by atoms with E-state index in [0.717, 1.165) is 16.3 Å². The molecule has 2 aromatic carbocycles. The van der Waals surface area contributed by atoms with Gasteiger partial charge >= 0.3 is 5.69 Å². The van der Waals surface area contributed by atoms with Crippen LogP contribution in [0.5, 0.6) is 0 Å². The minimum atomic E-state index is -0.670. The number of benzene rings is 2. The number of nitrogens with zero attached hydrogens (tertiary/aromatic N) is 1. The average Bonchev–Trinajstić information content (AvgIpc) is 2.63. The van der Waals surface area contributed by atoms with Crippen molar-refractivity contribution in [2.24, 2.45) is 0 Å². The number of H-pyrrole nitrogens is 1. The lowest BCUT2D eigenvalue weighted by molar-refractivity contribution is 0.102. The fourth-order valence-corrected chi connectivity index (χ4v) is 2.60. The number of carbonyl (C=O) groups excluding carboxylic acids is 1. The molecule has 0 atom stereocenters. The van der Waals surface area contributed by atoms with Crippen molar-refractivity contribution in [3.8, 4) is 5.69 Å². The molecule has 6 nitrogen and oxygen atoms in total. The Morgan fingerprint density at radius 1 is 1.00 bits per heavy atom. The average molecular weight is 349 g/mol. The zero-order valence-corrected chi connectivity index (χ0v) is 14.5. The highest BCUT2D eigenvalue weighted by Gasteiger charge is 2.16. The molecule has 0 aliphatic rings. The van der Waals surface area contributed by atoms with Crippen LogP contribution in [0.2, 0.25) is 0 Å². The Bertz CT molecular complexity index is 1030. The molecule has 2 N–H and O–H groups in total. The van der Waals surface area contributed by atoms with Crippen molar-refractivity contribution in [2.75, 3.05) is 5.32 Å². The van der Waals surface area contributed by atoms with E-state index in [4.69, 9.17) is 0 Å². The molecular formula is C20H19N3O3. The second kappa shape index (κ2) is 7.23. The first-order valence-corrected chi connectivity index (χ1v) is 8.29. The smallest absolute Gasteiger partial charge is 0.322 e. The summed E-state index contributed by atoms with van der Waals surface area (Å²) in [5, 5.41) is 2.69. The van der Waals surface area contributed by atoms with Gasteiger partial charge in [-0.15, -0.1) is 0 Å². The molecule has 0 radical (unpaired) electrons. The van der Waals surface area contributed by atoms with Crippen LogP contribution in [0.4, 0.5) is 5.69 Å². The third kappa shape index (κ3) is 3.49. The summed E-state index contributed by atoms with van der Waals surface area (Å²) in [4.78, 5) is 39.6. The second-order valence-corrected chi connectivity index (χ2v) is 6.21. The topological polar surface area (TPSA) is 84.0 Å². The highest BCUT2D eigenvalue weighted by Crippen LogP contribution is 2.17. The van der Waals surface area contributed by atoms with Crippen molar-refractivity contribution >= 4 is 11.6 Å². The molecule has 6 heteroatoms. The first-order chi connectivity index (χ1) is 12.5. The van der Waals surface area contributed by atoms with Crippen LogP contribution >= 0.6 is 0 Å². The van der Waals surface area contributed by atoms with Crippen LogP contribution in [-0.4, -0.2) is 15.5 Å². The van der Waals surface area contributed by atoms with Gasteiger partial charge in [0.15, 0.2) is 0 Å². The summed E-state index contributed by atoms with van der Waals surface area (Å²) in [6.07, 6.45) is 1.14. The van der Waals surface area contributed by atoms with E-state index in [1.807, 2.05) is 12.1 Å². The molecule has 1 heterocycles. The van der Waals surface area contributed by atoms with Gasteiger partial charge in [0.05, 0.1) is 5.69 Å². The number of carbonyl (C=O) groups is 1. The summed E-state index contributed by atoms with van der Waals surface area (Å²) in [5.41, 5.74) is 0.723. The number of anilines is 1. The minimum Gasteiger partial charge on any atom is -0.322 e. The van der Waals surface area contributed by atoms with Crippen molar-refractivity contribution in [3.63, 3.8) is 0 Å². The fourth-order valence-electron chi connectivity index (χ4n) is 2.60. The summed E-state index contributed by atoms with van der Waals surface area (Å²) in [7, 11) is 0. The molecule has 0 spiro atoms. The zero-order chi connectivity index (χ0) is 18.7. The van der Waals surface area contributed by atoms with Gasteiger partial charge in [0, 0.05) is 11.9 Å². The minimum absolute atomic E-state index is 0.138. The Kier molecular flexibility index (Phi) is 4.84. The highest BCUT2D eigenvalue weighted by molar-refractivity contribution is 6.03. The molecule has 3 aromatic rings. The Morgan fingerprint density at radius 3 is 2.27 bits per heavy atom. The quantitative estimate of drug-likeness (QED) is 0.759. The van der Waals surface area contributed by atoms with E-state index < -0.39 is 17.2 Å². The van der Waals surface area contributed by atoms with Gasteiger partial charge in [-0.1, -0.05) is 44.2 Å². The number of para-hydroxylation sites is 1. The van der Waals surface area contributed by atoms with Crippen LogP contribution in [0.1, 0.15) is 35.7 Å². The molecule has 132 valence electrons. The van der Waals surface area contributed by atoms with E-state index in [9.17, 15) is 14.4 Å². The van der Waals surface area contributed by atoms with E-state index in [0.29, 0.717) is 17.3 Å². The summed E-state index contributed by atoms with van der Waals surface area (Å²) in [6.45, 7) is 4.17. The molecule has 0 bridgehead atoms. The Labute approximate surface area is 150 Å². The van der Waals surface area contributed by atoms with E-state index in [-0.39, 0.29) is 5.56 Å². The Balaban J connectivity index is 1.93. The fraction of sp³-hybridized carbons (Fsp3) is 0.150.